The van der Waals surface area contributed by atoms with E-state index in [-0.39, 0.29) is 17.6 Å². The van der Waals surface area contributed by atoms with Crippen LogP contribution in [0, 0.1) is 5.82 Å². The summed E-state index contributed by atoms with van der Waals surface area (Å²) in [6.07, 6.45) is 3.51. The fourth-order valence-corrected chi connectivity index (χ4v) is 3.99. The molecule has 1 fully saturated rings. The predicted octanol–water partition coefficient (Wildman–Crippen LogP) is 4.25. The Hall–Kier alpha value is -3.06. The Balaban J connectivity index is 1.40. The summed E-state index contributed by atoms with van der Waals surface area (Å²) in [4.78, 5) is 31.1. The van der Waals surface area contributed by atoms with Crippen molar-refractivity contribution in [1.82, 2.24) is 4.98 Å². The third-order valence-electron chi connectivity index (χ3n) is 4.61. The summed E-state index contributed by atoms with van der Waals surface area (Å²) in [6.45, 7) is 0.717. The molecule has 4 rings (SSSR count). The average molecular weight is 395 g/mol. The third-order valence-corrected chi connectivity index (χ3v) is 5.52. The van der Waals surface area contributed by atoms with Gasteiger partial charge in [0, 0.05) is 41.7 Å². The second kappa shape index (κ2) is 7.90. The molecular weight excluding hydrogens is 377 g/mol. The summed E-state index contributed by atoms with van der Waals surface area (Å²) < 4.78 is 13.8. The van der Waals surface area contributed by atoms with E-state index in [9.17, 15) is 14.0 Å². The van der Waals surface area contributed by atoms with Crippen LogP contribution in [-0.4, -0.2) is 23.3 Å². The molecule has 0 atom stereocenters. The van der Waals surface area contributed by atoms with Gasteiger partial charge < -0.3 is 4.90 Å². The molecule has 7 heteroatoms. The predicted molar refractivity (Wildman–Crippen MR) is 107 cm³/mol. The minimum absolute atomic E-state index is 0.113. The SMILES string of the molecule is O=C(Nc1ncc(Cc2ccccc2F)s1)c1ccc(N2CCCC2=O)cc1. The molecule has 5 nitrogen and oxygen atoms in total. The number of thiazole rings is 1. The van der Waals surface area contributed by atoms with Crippen molar-refractivity contribution in [3.05, 3.63) is 76.5 Å². The molecule has 0 radical (unpaired) electrons. The zero-order valence-corrected chi connectivity index (χ0v) is 15.8. The van der Waals surface area contributed by atoms with E-state index in [0.717, 1.165) is 17.0 Å². The number of aromatic nitrogens is 1. The lowest BCUT2D eigenvalue weighted by atomic mass is 10.1. The molecule has 1 N–H and O–H groups in total. The standard InChI is InChI=1S/C21H18FN3O2S/c22-18-5-2-1-4-15(18)12-17-13-23-21(28-17)24-20(27)14-7-9-16(10-8-14)25-11-3-6-19(25)26/h1-2,4-5,7-10,13H,3,6,11-12H2,(H,23,24,27). The van der Waals surface area contributed by atoms with Gasteiger partial charge in [-0.15, -0.1) is 11.3 Å². The van der Waals surface area contributed by atoms with Crippen molar-refractivity contribution in [1.29, 1.82) is 0 Å². The molecule has 2 amide bonds. The molecule has 0 aliphatic carbocycles. The highest BCUT2D eigenvalue weighted by atomic mass is 32.1. The number of anilines is 2. The Morgan fingerprint density at radius 3 is 2.68 bits per heavy atom. The van der Waals surface area contributed by atoms with Gasteiger partial charge in [-0.1, -0.05) is 18.2 Å². The maximum atomic E-state index is 13.8. The summed E-state index contributed by atoms with van der Waals surface area (Å²) in [5, 5.41) is 3.24. The highest BCUT2D eigenvalue weighted by Gasteiger charge is 2.21. The van der Waals surface area contributed by atoms with Gasteiger partial charge in [0.25, 0.3) is 5.91 Å². The van der Waals surface area contributed by atoms with E-state index in [4.69, 9.17) is 0 Å². The Bertz CT molecular complexity index is 1020. The van der Waals surface area contributed by atoms with Crippen LogP contribution in [0.4, 0.5) is 15.2 Å². The number of nitrogens with zero attached hydrogens (tertiary/aromatic N) is 2. The van der Waals surface area contributed by atoms with Gasteiger partial charge in [-0.05, 0) is 42.3 Å². The molecule has 28 heavy (non-hydrogen) atoms. The van der Waals surface area contributed by atoms with Crippen molar-refractivity contribution >= 4 is 34.0 Å². The van der Waals surface area contributed by atoms with E-state index in [0.29, 0.717) is 35.6 Å². The number of halogens is 1. The highest BCUT2D eigenvalue weighted by molar-refractivity contribution is 7.15. The molecule has 1 saturated heterocycles. The lowest BCUT2D eigenvalue weighted by Crippen LogP contribution is -2.23. The van der Waals surface area contributed by atoms with Crippen LogP contribution < -0.4 is 10.2 Å². The van der Waals surface area contributed by atoms with Crippen LogP contribution in [0.25, 0.3) is 0 Å². The lowest BCUT2D eigenvalue weighted by molar-refractivity contribution is -0.117. The minimum Gasteiger partial charge on any atom is -0.312 e. The van der Waals surface area contributed by atoms with Crippen molar-refractivity contribution in [2.24, 2.45) is 0 Å². The van der Waals surface area contributed by atoms with Crippen molar-refractivity contribution in [3.63, 3.8) is 0 Å². The second-order valence-electron chi connectivity index (χ2n) is 6.55. The molecule has 0 unspecified atom stereocenters. The number of carbonyl (C=O) groups is 2. The summed E-state index contributed by atoms with van der Waals surface area (Å²) in [7, 11) is 0. The molecule has 2 heterocycles. The van der Waals surface area contributed by atoms with Crippen LogP contribution in [0.15, 0.2) is 54.7 Å². The molecule has 0 saturated carbocycles. The highest BCUT2D eigenvalue weighted by Crippen LogP contribution is 2.24. The van der Waals surface area contributed by atoms with Gasteiger partial charge in [-0.3, -0.25) is 14.9 Å². The average Bonchev–Trinajstić information content (AvgIpc) is 3.32. The smallest absolute Gasteiger partial charge is 0.257 e. The third kappa shape index (κ3) is 3.94. The number of carbonyl (C=O) groups excluding carboxylic acids is 2. The molecule has 3 aromatic rings. The summed E-state index contributed by atoms with van der Waals surface area (Å²) in [5.41, 5.74) is 1.89. The first-order chi connectivity index (χ1) is 13.6. The number of nitrogens with one attached hydrogen (secondary N) is 1. The number of amides is 2. The molecule has 2 aromatic carbocycles. The Kier molecular flexibility index (Phi) is 5.16. The zero-order valence-electron chi connectivity index (χ0n) is 15.0. The van der Waals surface area contributed by atoms with Gasteiger partial charge in [0.2, 0.25) is 5.91 Å². The Morgan fingerprint density at radius 2 is 1.96 bits per heavy atom. The van der Waals surface area contributed by atoms with E-state index >= 15 is 0 Å². The van der Waals surface area contributed by atoms with Crippen LogP contribution in [0.3, 0.4) is 0 Å². The number of hydrogen-bond donors (Lipinski definition) is 1. The monoisotopic (exact) mass is 395 g/mol. The maximum absolute atomic E-state index is 13.8. The largest absolute Gasteiger partial charge is 0.312 e. The lowest BCUT2D eigenvalue weighted by Gasteiger charge is -2.15. The van der Waals surface area contributed by atoms with Crippen LogP contribution in [0.5, 0.6) is 0 Å². The van der Waals surface area contributed by atoms with Gasteiger partial charge in [0.05, 0.1) is 0 Å². The molecule has 1 aromatic heterocycles. The molecule has 0 bridgehead atoms. The van der Waals surface area contributed by atoms with Crippen LogP contribution >= 0.6 is 11.3 Å². The minimum atomic E-state index is -0.272. The van der Waals surface area contributed by atoms with Crippen LogP contribution in [-0.2, 0) is 11.2 Å². The first-order valence-electron chi connectivity index (χ1n) is 9.00. The normalized spacial score (nSPS) is 13.8. The molecule has 1 aliphatic heterocycles. The topological polar surface area (TPSA) is 62.3 Å². The number of hydrogen-bond acceptors (Lipinski definition) is 4. The van der Waals surface area contributed by atoms with Crippen molar-refractivity contribution in [2.45, 2.75) is 19.3 Å². The number of benzene rings is 2. The summed E-state index contributed by atoms with van der Waals surface area (Å²) >= 11 is 1.32. The van der Waals surface area contributed by atoms with Crippen LogP contribution in [0.2, 0.25) is 0 Å². The van der Waals surface area contributed by atoms with Gasteiger partial charge >= 0.3 is 0 Å². The van der Waals surface area contributed by atoms with Gasteiger partial charge in [0.1, 0.15) is 5.82 Å². The van der Waals surface area contributed by atoms with E-state index in [1.807, 2.05) is 0 Å². The van der Waals surface area contributed by atoms with Gasteiger partial charge in [-0.25, -0.2) is 9.37 Å². The fraction of sp³-hybridized carbons (Fsp3) is 0.190. The summed E-state index contributed by atoms with van der Waals surface area (Å²) in [5.74, 6) is -0.411. The second-order valence-corrected chi connectivity index (χ2v) is 7.67. The van der Waals surface area contributed by atoms with Crippen molar-refractivity contribution in [2.75, 3.05) is 16.8 Å². The zero-order chi connectivity index (χ0) is 19.5. The first kappa shape index (κ1) is 18.3. The van der Waals surface area contributed by atoms with Gasteiger partial charge in [0.15, 0.2) is 5.13 Å². The Labute approximate surface area is 165 Å². The first-order valence-corrected chi connectivity index (χ1v) is 9.82. The molecule has 142 valence electrons. The summed E-state index contributed by atoms with van der Waals surface area (Å²) in [6, 6.07) is 13.6. The van der Waals surface area contributed by atoms with Gasteiger partial charge in [-0.2, -0.15) is 0 Å². The fourth-order valence-electron chi connectivity index (χ4n) is 3.16. The van der Waals surface area contributed by atoms with Crippen molar-refractivity contribution < 1.29 is 14.0 Å². The number of rotatable bonds is 5. The molecule has 0 spiro atoms. The van der Waals surface area contributed by atoms with Crippen molar-refractivity contribution in [3.8, 4) is 0 Å². The molecule has 1 aliphatic rings. The Morgan fingerprint density at radius 1 is 1.18 bits per heavy atom. The van der Waals surface area contributed by atoms with Crippen LogP contribution in [0.1, 0.15) is 33.6 Å². The quantitative estimate of drug-likeness (QED) is 0.702. The van der Waals surface area contributed by atoms with E-state index in [1.54, 1.807) is 53.6 Å². The van der Waals surface area contributed by atoms with E-state index < -0.39 is 0 Å². The molecular formula is C21H18FN3O2S. The van der Waals surface area contributed by atoms with E-state index in [2.05, 4.69) is 10.3 Å². The maximum Gasteiger partial charge on any atom is 0.257 e. The van der Waals surface area contributed by atoms with E-state index in [1.165, 1.54) is 17.4 Å².